The largest absolute Gasteiger partial charge is 0.487 e. The highest BCUT2D eigenvalue weighted by molar-refractivity contribution is 7.89. The van der Waals surface area contributed by atoms with Gasteiger partial charge in [0.1, 0.15) is 16.7 Å². The SMILES string of the molecule is CC(C)CC#Cc1ccc2c(c1)O[C@H](CN(C)C(=O)NC1CCCC1)[C@@H](C)CN([C@@H](C)CO)S2(=O)=O. The van der Waals surface area contributed by atoms with Gasteiger partial charge in [0.05, 0.1) is 13.2 Å². The molecule has 2 amide bonds. The van der Waals surface area contributed by atoms with E-state index >= 15 is 0 Å². The molecule has 0 bridgehead atoms. The topological polar surface area (TPSA) is 99.2 Å². The molecule has 0 spiro atoms. The second-order valence-electron chi connectivity index (χ2n) is 10.6. The number of carbonyl (C=O) groups excluding carboxylic acids is 1. The fourth-order valence-corrected chi connectivity index (χ4v) is 6.41. The van der Waals surface area contributed by atoms with Gasteiger partial charge >= 0.3 is 6.03 Å². The number of amides is 2. The van der Waals surface area contributed by atoms with E-state index in [4.69, 9.17) is 4.74 Å². The number of sulfonamides is 1. The summed E-state index contributed by atoms with van der Waals surface area (Å²) in [5.74, 6) is 6.66. The van der Waals surface area contributed by atoms with Gasteiger partial charge in [0, 0.05) is 43.6 Å². The van der Waals surface area contributed by atoms with E-state index in [-0.39, 0.29) is 41.8 Å². The number of aliphatic hydroxyl groups is 1. The maximum atomic E-state index is 13.6. The van der Waals surface area contributed by atoms with Crippen molar-refractivity contribution in [2.45, 2.75) is 82.9 Å². The molecule has 0 saturated heterocycles. The van der Waals surface area contributed by atoms with Gasteiger partial charge in [-0.3, -0.25) is 0 Å². The minimum absolute atomic E-state index is 0.0483. The van der Waals surface area contributed by atoms with Crippen LogP contribution in [0.4, 0.5) is 4.79 Å². The van der Waals surface area contributed by atoms with Crippen LogP contribution in [0.5, 0.6) is 5.75 Å². The van der Waals surface area contributed by atoms with Gasteiger partial charge in [-0.2, -0.15) is 4.31 Å². The van der Waals surface area contributed by atoms with Gasteiger partial charge in [-0.15, -0.1) is 0 Å². The van der Waals surface area contributed by atoms with E-state index in [9.17, 15) is 18.3 Å². The van der Waals surface area contributed by atoms with Crippen LogP contribution in [0, 0.1) is 23.7 Å². The van der Waals surface area contributed by atoms with Gasteiger partial charge in [-0.25, -0.2) is 13.2 Å². The van der Waals surface area contributed by atoms with E-state index in [1.807, 2.05) is 6.92 Å². The number of hydrogen-bond donors (Lipinski definition) is 2. The van der Waals surface area contributed by atoms with Crippen molar-refractivity contribution < 1.29 is 23.1 Å². The Kier molecular flexibility index (Phi) is 9.67. The fourth-order valence-electron chi connectivity index (χ4n) is 4.59. The lowest BCUT2D eigenvalue weighted by Gasteiger charge is -2.37. The minimum atomic E-state index is -3.91. The fraction of sp³-hybridized carbons (Fsp3) is 0.667. The molecule has 8 nitrogen and oxygen atoms in total. The van der Waals surface area contributed by atoms with E-state index < -0.39 is 22.2 Å². The smallest absolute Gasteiger partial charge is 0.317 e. The van der Waals surface area contributed by atoms with Gasteiger partial charge in [-0.1, -0.05) is 45.5 Å². The zero-order valence-corrected chi connectivity index (χ0v) is 23.0. The van der Waals surface area contributed by atoms with E-state index in [0.717, 1.165) is 32.1 Å². The average molecular weight is 520 g/mol. The third kappa shape index (κ3) is 6.93. The summed E-state index contributed by atoms with van der Waals surface area (Å²) in [6.07, 6.45) is 4.53. The molecule has 1 aliphatic carbocycles. The molecule has 36 heavy (non-hydrogen) atoms. The Bertz CT molecular complexity index is 1070. The summed E-state index contributed by atoms with van der Waals surface area (Å²) in [6.45, 7) is 7.95. The van der Waals surface area contributed by atoms with Crippen molar-refractivity contribution in [3.63, 3.8) is 0 Å². The van der Waals surface area contributed by atoms with Gasteiger partial charge in [0.2, 0.25) is 10.0 Å². The molecule has 3 rings (SSSR count). The minimum Gasteiger partial charge on any atom is -0.487 e. The molecule has 0 aromatic heterocycles. The van der Waals surface area contributed by atoms with Crippen molar-refractivity contribution in [3.05, 3.63) is 23.8 Å². The number of aliphatic hydroxyl groups excluding tert-OH is 1. The molecular weight excluding hydrogens is 478 g/mol. The summed E-state index contributed by atoms with van der Waals surface area (Å²) in [4.78, 5) is 14.5. The number of nitrogens with one attached hydrogen (secondary N) is 1. The van der Waals surface area contributed by atoms with Crippen LogP contribution in [-0.2, 0) is 10.0 Å². The van der Waals surface area contributed by atoms with Crippen LogP contribution in [0.15, 0.2) is 23.1 Å². The first-order valence-corrected chi connectivity index (χ1v) is 14.4. The summed E-state index contributed by atoms with van der Waals surface area (Å²) in [5, 5.41) is 12.9. The Balaban J connectivity index is 1.93. The molecule has 2 aliphatic rings. The van der Waals surface area contributed by atoms with Crippen LogP contribution in [-0.4, -0.2) is 73.7 Å². The van der Waals surface area contributed by atoms with Crippen LogP contribution in [0.25, 0.3) is 0 Å². The van der Waals surface area contributed by atoms with Crippen LogP contribution in [0.2, 0.25) is 0 Å². The first-order chi connectivity index (χ1) is 17.0. The van der Waals surface area contributed by atoms with Crippen molar-refractivity contribution >= 4 is 16.1 Å². The first-order valence-electron chi connectivity index (χ1n) is 13.0. The maximum Gasteiger partial charge on any atom is 0.317 e. The average Bonchev–Trinajstić information content (AvgIpc) is 3.33. The van der Waals surface area contributed by atoms with Crippen molar-refractivity contribution in [3.8, 4) is 17.6 Å². The normalized spacial score (nSPS) is 23.0. The predicted octanol–water partition coefficient (Wildman–Crippen LogP) is 3.44. The van der Waals surface area contributed by atoms with E-state index in [2.05, 4.69) is 31.0 Å². The summed E-state index contributed by atoms with van der Waals surface area (Å²) < 4.78 is 34.9. The number of ether oxygens (including phenoxy) is 1. The van der Waals surface area contributed by atoms with Crippen molar-refractivity contribution in [2.24, 2.45) is 11.8 Å². The highest BCUT2D eigenvalue weighted by Crippen LogP contribution is 2.34. The van der Waals surface area contributed by atoms with Crippen LogP contribution >= 0.6 is 0 Å². The monoisotopic (exact) mass is 519 g/mol. The molecule has 1 saturated carbocycles. The molecule has 1 heterocycles. The van der Waals surface area contributed by atoms with Gasteiger partial charge in [0.25, 0.3) is 0 Å². The van der Waals surface area contributed by atoms with Crippen LogP contribution < -0.4 is 10.1 Å². The highest BCUT2D eigenvalue weighted by Gasteiger charge is 2.38. The quantitative estimate of drug-likeness (QED) is 0.561. The molecule has 9 heteroatoms. The Labute approximate surface area is 216 Å². The van der Waals surface area contributed by atoms with E-state index in [1.165, 1.54) is 10.4 Å². The zero-order valence-electron chi connectivity index (χ0n) is 22.2. The Morgan fingerprint density at radius 3 is 2.61 bits per heavy atom. The molecular formula is C27H41N3O5S. The number of hydrogen-bond acceptors (Lipinski definition) is 5. The van der Waals surface area contributed by atoms with Gasteiger partial charge in [-0.05, 0) is 43.9 Å². The number of benzene rings is 1. The third-order valence-corrected chi connectivity index (χ3v) is 8.91. The summed E-state index contributed by atoms with van der Waals surface area (Å²) in [6, 6.07) is 4.35. The Morgan fingerprint density at radius 1 is 1.28 bits per heavy atom. The third-order valence-electron chi connectivity index (χ3n) is 6.89. The Hall–Kier alpha value is -2.28. The molecule has 1 aromatic rings. The predicted molar refractivity (Wildman–Crippen MR) is 140 cm³/mol. The standard InChI is InChI=1S/C27H41N3O5S/c1-19(2)9-8-10-22-13-14-26-24(15-22)35-25(17-29(5)27(32)28-23-11-6-7-12-23)20(3)16-30(21(4)18-31)36(26,33)34/h13-15,19-21,23,25,31H,6-7,9,11-12,16-18H2,1-5H3,(H,28,32)/t20-,21-,25+/m0/s1. The van der Waals surface area contributed by atoms with Crippen molar-refractivity contribution in [2.75, 3.05) is 26.7 Å². The number of likely N-dealkylation sites (N-methyl/N-ethyl adjacent to an activating group) is 1. The van der Waals surface area contributed by atoms with E-state index in [1.54, 1.807) is 31.0 Å². The molecule has 2 N–H and O–H groups in total. The van der Waals surface area contributed by atoms with Gasteiger partial charge < -0.3 is 20.1 Å². The lowest BCUT2D eigenvalue weighted by molar-refractivity contribution is 0.0808. The molecule has 0 radical (unpaired) electrons. The molecule has 1 aliphatic heterocycles. The Morgan fingerprint density at radius 2 is 1.97 bits per heavy atom. The zero-order chi connectivity index (χ0) is 26.5. The summed E-state index contributed by atoms with van der Waals surface area (Å²) >= 11 is 0. The van der Waals surface area contributed by atoms with Crippen LogP contribution in [0.1, 0.15) is 65.4 Å². The summed E-state index contributed by atoms with van der Waals surface area (Å²) in [7, 11) is -2.18. The lowest BCUT2D eigenvalue weighted by Crippen LogP contribution is -2.51. The molecule has 0 unspecified atom stereocenters. The second kappa shape index (κ2) is 12.3. The number of rotatable bonds is 6. The number of nitrogens with zero attached hydrogens (tertiary/aromatic N) is 2. The van der Waals surface area contributed by atoms with Crippen LogP contribution in [0.3, 0.4) is 0 Å². The molecule has 1 aromatic carbocycles. The first kappa shape index (κ1) is 28.3. The maximum absolute atomic E-state index is 13.6. The molecule has 3 atom stereocenters. The summed E-state index contributed by atoms with van der Waals surface area (Å²) in [5.41, 5.74) is 0.672. The van der Waals surface area contributed by atoms with Crippen molar-refractivity contribution in [1.29, 1.82) is 0 Å². The molecule has 200 valence electrons. The van der Waals surface area contributed by atoms with Crippen molar-refractivity contribution in [1.82, 2.24) is 14.5 Å². The number of carbonyl (C=O) groups is 1. The van der Waals surface area contributed by atoms with Gasteiger partial charge in [0.15, 0.2) is 0 Å². The number of urea groups is 1. The number of fused-ring (bicyclic) bond motifs is 1. The lowest BCUT2D eigenvalue weighted by atomic mass is 10.0. The van der Waals surface area contributed by atoms with E-state index in [0.29, 0.717) is 18.0 Å². The second-order valence-corrected chi connectivity index (χ2v) is 12.5. The highest BCUT2D eigenvalue weighted by atomic mass is 32.2. The molecule has 1 fully saturated rings.